The molecule has 0 saturated carbocycles. The van der Waals surface area contributed by atoms with Crippen LogP contribution < -0.4 is 0 Å². The van der Waals surface area contributed by atoms with Gasteiger partial charge in [0.1, 0.15) is 4.90 Å². The van der Waals surface area contributed by atoms with Gasteiger partial charge < -0.3 is 0 Å². The predicted octanol–water partition coefficient (Wildman–Crippen LogP) is 1.79. The lowest BCUT2D eigenvalue weighted by atomic mass is 9.90. The van der Waals surface area contributed by atoms with Crippen molar-refractivity contribution in [3.05, 3.63) is 12.4 Å². The third kappa shape index (κ3) is 3.12. The molecule has 1 aliphatic rings. The second-order valence-electron chi connectivity index (χ2n) is 5.23. The highest BCUT2D eigenvalue weighted by atomic mass is 35.5. The van der Waals surface area contributed by atoms with Gasteiger partial charge in [-0.15, -0.1) is 11.6 Å². The average molecular weight is 306 g/mol. The Morgan fingerprint density at radius 2 is 2.16 bits per heavy atom. The van der Waals surface area contributed by atoms with Gasteiger partial charge in [-0.1, -0.05) is 13.8 Å². The van der Waals surface area contributed by atoms with Crippen molar-refractivity contribution in [3.63, 3.8) is 0 Å². The molecule has 2 atom stereocenters. The Kier molecular flexibility index (Phi) is 4.53. The topological polar surface area (TPSA) is 55.2 Å². The Labute approximate surface area is 119 Å². The number of aromatic nitrogens is 2. The molecular weight excluding hydrogens is 286 g/mol. The van der Waals surface area contributed by atoms with Crippen LogP contribution in [0.3, 0.4) is 0 Å². The summed E-state index contributed by atoms with van der Waals surface area (Å²) in [5, 5.41) is 4.03. The van der Waals surface area contributed by atoms with Gasteiger partial charge in [-0.3, -0.25) is 4.68 Å². The lowest BCUT2D eigenvalue weighted by Crippen LogP contribution is -2.42. The summed E-state index contributed by atoms with van der Waals surface area (Å²) in [5.74, 6) is 1.38. The van der Waals surface area contributed by atoms with E-state index in [2.05, 4.69) is 18.9 Å². The van der Waals surface area contributed by atoms with Gasteiger partial charge in [0.05, 0.1) is 12.7 Å². The normalized spacial score (nSPS) is 25.6. The minimum Gasteiger partial charge on any atom is -0.270 e. The highest BCUT2D eigenvalue weighted by Crippen LogP contribution is 2.27. The highest BCUT2D eigenvalue weighted by Gasteiger charge is 2.32. The third-order valence-electron chi connectivity index (χ3n) is 3.86. The molecule has 0 spiro atoms. The van der Waals surface area contributed by atoms with E-state index in [0.29, 0.717) is 37.4 Å². The molecule has 0 radical (unpaired) electrons. The Morgan fingerprint density at radius 1 is 1.42 bits per heavy atom. The van der Waals surface area contributed by atoms with E-state index in [1.165, 1.54) is 6.20 Å². The van der Waals surface area contributed by atoms with Crippen molar-refractivity contribution < 1.29 is 8.42 Å². The first-order valence-corrected chi connectivity index (χ1v) is 8.51. The molecule has 0 bridgehead atoms. The Hall–Kier alpha value is -0.590. The quantitative estimate of drug-likeness (QED) is 0.797. The van der Waals surface area contributed by atoms with Crippen molar-refractivity contribution in [1.29, 1.82) is 0 Å². The van der Waals surface area contributed by atoms with E-state index < -0.39 is 10.0 Å². The number of halogens is 1. The van der Waals surface area contributed by atoms with Gasteiger partial charge >= 0.3 is 0 Å². The van der Waals surface area contributed by atoms with Crippen molar-refractivity contribution in [2.24, 2.45) is 11.8 Å². The fourth-order valence-corrected chi connectivity index (χ4v) is 3.96. The van der Waals surface area contributed by atoms with Crippen molar-refractivity contribution in [2.45, 2.75) is 31.7 Å². The van der Waals surface area contributed by atoms with Crippen LogP contribution >= 0.6 is 11.6 Å². The standard InChI is InChI=1S/C12H20ClN3O2S/c1-10-3-5-16(8-11(10)2)19(17,18)12-7-14-15(9-12)6-4-13/h7,9-11H,3-6,8H2,1-2H3. The van der Waals surface area contributed by atoms with Crippen LogP contribution in [0.1, 0.15) is 20.3 Å². The molecular formula is C12H20ClN3O2S. The molecule has 7 heteroatoms. The van der Waals surface area contributed by atoms with Crippen LogP contribution in [-0.4, -0.2) is 41.5 Å². The predicted molar refractivity (Wildman–Crippen MR) is 74.7 cm³/mol. The monoisotopic (exact) mass is 305 g/mol. The second kappa shape index (κ2) is 5.81. The Bertz CT molecular complexity index is 529. The highest BCUT2D eigenvalue weighted by molar-refractivity contribution is 7.89. The molecule has 1 saturated heterocycles. The second-order valence-corrected chi connectivity index (χ2v) is 7.55. The van der Waals surface area contributed by atoms with Gasteiger partial charge in [-0.25, -0.2) is 8.42 Å². The summed E-state index contributed by atoms with van der Waals surface area (Å²) in [6.07, 6.45) is 3.88. The summed E-state index contributed by atoms with van der Waals surface area (Å²) in [4.78, 5) is 0.263. The van der Waals surface area contributed by atoms with Crippen molar-refractivity contribution >= 4 is 21.6 Å². The van der Waals surface area contributed by atoms with Crippen molar-refractivity contribution in [3.8, 4) is 0 Å². The van der Waals surface area contributed by atoms with Crippen LogP contribution in [0.15, 0.2) is 17.3 Å². The smallest absolute Gasteiger partial charge is 0.246 e. The Balaban J connectivity index is 2.17. The van der Waals surface area contributed by atoms with E-state index in [1.807, 2.05) is 0 Å². The maximum absolute atomic E-state index is 12.5. The van der Waals surface area contributed by atoms with E-state index in [9.17, 15) is 8.42 Å². The minimum absolute atomic E-state index is 0.263. The number of sulfonamides is 1. The first-order valence-electron chi connectivity index (χ1n) is 6.53. The van der Waals surface area contributed by atoms with Crippen LogP contribution in [0.25, 0.3) is 0 Å². The van der Waals surface area contributed by atoms with Gasteiger partial charge in [0.2, 0.25) is 10.0 Å². The van der Waals surface area contributed by atoms with E-state index in [-0.39, 0.29) is 4.90 Å². The molecule has 1 aromatic heterocycles. The lowest BCUT2D eigenvalue weighted by Gasteiger charge is -2.34. The fourth-order valence-electron chi connectivity index (χ4n) is 2.28. The molecule has 0 amide bonds. The molecule has 0 aliphatic carbocycles. The van der Waals surface area contributed by atoms with Gasteiger partial charge in [0, 0.05) is 25.2 Å². The molecule has 0 aromatic carbocycles. The molecule has 1 aliphatic heterocycles. The van der Waals surface area contributed by atoms with E-state index in [1.54, 1.807) is 15.2 Å². The lowest BCUT2D eigenvalue weighted by molar-refractivity contribution is 0.212. The number of rotatable bonds is 4. The number of nitrogens with zero attached hydrogens (tertiary/aromatic N) is 3. The first kappa shape index (κ1) is 14.8. The zero-order chi connectivity index (χ0) is 14.0. The summed E-state index contributed by atoms with van der Waals surface area (Å²) in [5.41, 5.74) is 0. The molecule has 1 aromatic rings. The minimum atomic E-state index is -3.41. The van der Waals surface area contributed by atoms with E-state index in [0.717, 1.165) is 6.42 Å². The summed E-state index contributed by atoms with van der Waals surface area (Å²) in [7, 11) is -3.41. The zero-order valence-electron chi connectivity index (χ0n) is 11.3. The SMILES string of the molecule is CC1CCN(S(=O)(=O)c2cnn(CCCl)c2)CC1C. The molecule has 19 heavy (non-hydrogen) atoms. The zero-order valence-corrected chi connectivity index (χ0v) is 12.9. The maximum Gasteiger partial charge on any atom is 0.246 e. The van der Waals surface area contributed by atoms with Crippen LogP contribution in [-0.2, 0) is 16.6 Å². The molecule has 108 valence electrons. The average Bonchev–Trinajstić information content (AvgIpc) is 2.82. The molecule has 2 rings (SSSR count). The van der Waals surface area contributed by atoms with Crippen molar-refractivity contribution in [1.82, 2.24) is 14.1 Å². The number of piperidine rings is 1. The summed E-state index contributed by atoms with van der Waals surface area (Å²) in [6, 6.07) is 0. The molecule has 2 unspecified atom stereocenters. The van der Waals surface area contributed by atoms with Crippen LogP contribution in [0.2, 0.25) is 0 Å². The number of aryl methyl sites for hydroxylation is 1. The number of hydrogen-bond acceptors (Lipinski definition) is 3. The fraction of sp³-hybridized carbons (Fsp3) is 0.750. The van der Waals surface area contributed by atoms with Crippen LogP contribution in [0.5, 0.6) is 0 Å². The molecule has 1 fully saturated rings. The molecule has 2 heterocycles. The van der Waals surface area contributed by atoms with Crippen LogP contribution in [0, 0.1) is 11.8 Å². The summed E-state index contributed by atoms with van der Waals surface area (Å²) in [6.45, 7) is 5.97. The van der Waals surface area contributed by atoms with Crippen LogP contribution in [0.4, 0.5) is 0 Å². The third-order valence-corrected chi connectivity index (χ3v) is 5.84. The Morgan fingerprint density at radius 3 is 2.79 bits per heavy atom. The molecule has 0 N–H and O–H groups in total. The maximum atomic E-state index is 12.5. The van der Waals surface area contributed by atoms with Gasteiger partial charge in [0.25, 0.3) is 0 Å². The van der Waals surface area contributed by atoms with Gasteiger partial charge in [-0.2, -0.15) is 9.40 Å². The van der Waals surface area contributed by atoms with Gasteiger partial charge in [0.15, 0.2) is 0 Å². The van der Waals surface area contributed by atoms with Crippen molar-refractivity contribution in [2.75, 3.05) is 19.0 Å². The molecule has 5 nitrogen and oxygen atoms in total. The number of alkyl halides is 1. The van der Waals surface area contributed by atoms with E-state index >= 15 is 0 Å². The first-order chi connectivity index (χ1) is 8.95. The largest absolute Gasteiger partial charge is 0.270 e. The van der Waals surface area contributed by atoms with Gasteiger partial charge in [-0.05, 0) is 18.3 Å². The summed E-state index contributed by atoms with van der Waals surface area (Å²) < 4.78 is 28.1. The number of hydrogen-bond donors (Lipinski definition) is 0. The summed E-state index contributed by atoms with van der Waals surface area (Å²) >= 11 is 5.62. The van der Waals surface area contributed by atoms with E-state index in [4.69, 9.17) is 11.6 Å².